The summed E-state index contributed by atoms with van der Waals surface area (Å²) in [5, 5.41) is 13.8. The van der Waals surface area contributed by atoms with Gasteiger partial charge in [-0.25, -0.2) is 9.48 Å². The molecule has 4 aromatic rings. The summed E-state index contributed by atoms with van der Waals surface area (Å²) in [4.78, 5) is 26.1. The third-order valence-electron chi connectivity index (χ3n) is 4.89. The molecule has 1 unspecified atom stereocenters. The van der Waals surface area contributed by atoms with Crippen LogP contribution in [0, 0.1) is 6.92 Å². The Morgan fingerprint density at radius 2 is 1.76 bits per heavy atom. The van der Waals surface area contributed by atoms with Gasteiger partial charge in [-0.05, 0) is 59.3 Å². The smallest absolute Gasteiger partial charge is 0.339 e. The van der Waals surface area contributed by atoms with E-state index in [0.717, 1.165) is 5.56 Å². The van der Waals surface area contributed by atoms with Gasteiger partial charge in [-0.2, -0.15) is 0 Å². The topological polar surface area (TPSA) is 108 Å². The van der Waals surface area contributed by atoms with E-state index >= 15 is 0 Å². The van der Waals surface area contributed by atoms with Crippen molar-refractivity contribution >= 4 is 17.6 Å². The largest absolute Gasteiger partial charge is 0.495 e. The number of benzene rings is 3. The molecule has 1 aromatic heterocycles. The molecule has 0 aliphatic rings. The maximum Gasteiger partial charge on any atom is 0.339 e. The Labute approximate surface area is 190 Å². The Morgan fingerprint density at radius 1 is 1.00 bits per heavy atom. The van der Waals surface area contributed by atoms with E-state index < -0.39 is 18.0 Å². The maximum atomic E-state index is 13.2. The molecule has 1 heterocycles. The molecule has 1 amide bonds. The van der Waals surface area contributed by atoms with E-state index in [4.69, 9.17) is 9.47 Å². The minimum atomic E-state index is -1.16. The number of carbonyl (C=O) groups excluding carboxylic acids is 2. The van der Waals surface area contributed by atoms with Crippen LogP contribution < -0.4 is 10.1 Å². The summed E-state index contributed by atoms with van der Waals surface area (Å²) < 4.78 is 12.5. The molecule has 0 saturated heterocycles. The third-order valence-corrected chi connectivity index (χ3v) is 4.89. The zero-order chi connectivity index (χ0) is 23.2. The van der Waals surface area contributed by atoms with Crippen LogP contribution in [0.2, 0.25) is 0 Å². The summed E-state index contributed by atoms with van der Waals surface area (Å²) in [5.74, 6) is -0.632. The van der Waals surface area contributed by atoms with Gasteiger partial charge >= 0.3 is 5.97 Å². The summed E-state index contributed by atoms with van der Waals surface area (Å²) >= 11 is 0. The Bertz CT molecular complexity index is 1240. The van der Waals surface area contributed by atoms with Crippen LogP contribution in [0.15, 0.2) is 79.1 Å². The SMILES string of the molecule is COc1ccc(C)cc1NC(=O)C(OC(=O)c1ccc(-n2cnnn2)cc1)c1ccccc1. The average Bonchev–Trinajstić information content (AvgIpc) is 3.38. The van der Waals surface area contributed by atoms with Crippen molar-refractivity contribution in [3.05, 3.63) is 95.8 Å². The van der Waals surface area contributed by atoms with Crippen LogP contribution in [0.1, 0.15) is 27.6 Å². The van der Waals surface area contributed by atoms with Gasteiger partial charge in [-0.15, -0.1) is 5.10 Å². The van der Waals surface area contributed by atoms with Gasteiger partial charge in [-0.3, -0.25) is 4.79 Å². The summed E-state index contributed by atoms with van der Waals surface area (Å²) in [6.45, 7) is 1.91. The lowest BCUT2D eigenvalue weighted by atomic mass is 10.1. The highest BCUT2D eigenvalue weighted by Gasteiger charge is 2.26. The number of esters is 1. The maximum absolute atomic E-state index is 13.2. The van der Waals surface area contributed by atoms with Crippen LogP contribution in [0.5, 0.6) is 5.75 Å². The van der Waals surface area contributed by atoms with Crippen LogP contribution in [0.4, 0.5) is 5.69 Å². The first-order chi connectivity index (χ1) is 16.0. The average molecular weight is 443 g/mol. The predicted octanol–water partition coefficient (Wildman–Crippen LogP) is 3.52. The number of ether oxygens (including phenoxy) is 2. The summed E-state index contributed by atoms with van der Waals surface area (Å²) in [5.41, 5.74) is 2.95. The van der Waals surface area contributed by atoms with Crippen molar-refractivity contribution < 1.29 is 19.1 Å². The molecule has 0 aliphatic heterocycles. The van der Waals surface area contributed by atoms with Gasteiger partial charge in [-0.1, -0.05) is 36.4 Å². The van der Waals surface area contributed by atoms with E-state index in [-0.39, 0.29) is 5.56 Å². The minimum absolute atomic E-state index is 0.286. The molecule has 0 spiro atoms. The van der Waals surface area contributed by atoms with Crippen LogP contribution in [-0.4, -0.2) is 39.2 Å². The standard InChI is InChI=1S/C24H21N5O4/c1-16-8-13-21(32-2)20(14-16)26-23(30)22(17-6-4-3-5-7-17)33-24(31)18-9-11-19(12-10-18)29-15-25-27-28-29/h3-15,22H,1-2H3,(H,26,30). The van der Waals surface area contributed by atoms with Crippen molar-refractivity contribution in [1.82, 2.24) is 20.2 Å². The lowest BCUT2D eigenvalue weighted by Gasteiger charge is -2.19. The fraction of sp³-hybridized carbons (Fsp3) is 0.125. The highest BCUT2D eigenvalue weighted by molar-refractivity contribution is 5.99. The van der Waals surface area contributed by atoms with E-state index in [0.29, 0.717) is 22.7 Å². The first-order valence-electron chi connectivity index (χ1n) is 10.1. The summed E-state index contributed by atoms with van der Waals surface area (Å²) in [6, 6.07) is 20.8. The molecular formula is C24H21N5O4. The van der Waals surface area contributed by atoms with E-state index in [1.165, 1.54) is 18.1 Å². The number of amides is 1. The Morgan fingerprint density at radius 3 is 2.42 bits per heavy atom. The van der Waals surface area contributed by atoms with Crippen molar-refractivity contribution in [2.45, 2.75) is 13.0 Å². The Kier molecular flexibility index (Phi) is 6.40. The molecule has 0 fully saturated rings. The molecule has 9 nitrogen and oxygen atoms in total. The highest BCUT2D eigenvalue weighted by Crippen LogP contribution is 2.28. The second-order valence-corrected chi connectivity index (χ2v) is 7.19. The molecule has 4 rings (SSSR count). The van der Waals surface area contributed by atoms with Crippen molar-refractivity contribution in [3.8, 4) is 11.4 Å². The molecule has 0 saturated carbocycles. The van der Waals surface area contributed by atoms with Gasteiger partial charge in [0.15, 0.2) is 0 Å². The van der Waals surface area contributed by atoms with Crippen LogP contribution >= 0.6 is 0 Å². The van der Waals surface area contributed by atoms with Crippen molar-refractivity contribution in [3.63, 3.8) is 0 Å². The van der Waals surface area contributed by atoms with Gasteiger partial charge in [0.25, 0.3) is 5.91 Å². The van der Waals surface area contributed by atoms with E-state index in [1.54, 1.807) is 60.7 Å². The monoisotopic (exact) mass is 443 g/mol. The fourth-order valence-electron chi connectivity index (χ4n) is 3.22. The molecule has 0 aliphatic carbocycles. The van der Waals surface area contributed by atoms with E-state index in [9.17, 15) is 9.59 Å². The fourth-order valence-corrected chi connectivity index (χ4v) is 3.22. The summed E-state index contributed by atoms with van der Waals surface area (Å²) in [6.07, 6.45) is 0.283. The van der Waals surface area contributed by atoms with E-state index in [2.05, 4.69) is 20.8 Å². The molecule has 3 aromatic carbocycles. The molecule has 33 heavy (non-hydrogen) atoms. The third kappa shape index (κ3) is 5.04. The molecule has 9 heteroatoms. The number of nitrogens with zero attached hydrogens (tertiary/aromatic N) is 4. The number of aromatic nitrogens is 4. The number of anilines is 1. The second-order valence-electron chi connectivity index (χ2n) is 7.19. The van der Waals surface area contributed by atoms with Crippen LogP contribution in [0.25, 0.3) is 5.69 Å². The predicted molar refractivity (Wildman–Crippen MR) is 120 cm³/mol. The lowest BCUT2D eigenvalue weighted by molar-refractivity contribution is -0.125. The van der Waals surface area contributed by atoms with Crippen molar-refractivity contribution in [2.24, 2.45) is 0 Å². The van der Waals surface area contributed by atoms with Gasteiger partial charge in [0.05, 0.1) is 24.0 Å². The minimum Gasteiger partial charge on any atom is -0.495 e. The van der Waals surface area contributed by atoms with Gasteiger partial charge in [0.2, 0.25) is 6.10 Å². The number of aryl methyl sites for hydroxylation is 1. The van der Waals surface area contributed by atoms with Gasteiger partial charge in [0.1, 0.15) is 12.1 Å². The van der Waals surface area contributed by atoms with Crippen LogP contribution in [0.3, 0.4) is 0 Å². The Balaban J connectivity index is 1.57. The second kappa shape index (κ2) is 9.73. The number of nitrogens with one attached hydrogen (secondary N) is 1. The first-order valence-corrected chi connectivity index (χ1v) is 10.1. The molecule has 0 radical (unpaired) electrons. The molecule has 1 N–H and O–H groups in total. The molecule has 166 valence electrons. The molecule has 0 bridgehead atoms. The number of carbonyl (C=O) groups is 2. The van der Waals surface area contributed by atoms with Gasteiger partial charge < -0.3 is 14.8 Å². The van der Waals surface area contributed by atoms with Crippen molar-refractivity contribution in [1.29, 1.82) is 0 Å². The first kappa shape index (κ1) is 21.7. The summed E-state index contributed by atoms with van der Waals surface area (Å²) in [7, 11) is 1.52. The number of methoxy groups -OCH3 is 1. The van der Waals surface area contributed by atoms with Crippen molar-refractivity contribution in [2.75, 3.05) is 12.4 Å². The number of rotatable bonds is 7. The number of tetrazole rings is 1. The lowest BCUT2D eigenvalue weighted by Crippen LogP contribution is -2.26. The van der Waals surface area contributed by atoms with Crippen LogP contribution in [-0.2, 0) is 9.53 Å². The highest BCUT2D eigenvalue weighted by atomic mass is 16.5. The normalized spacial score (nSPS) is 11.5. The number of hydrogen-bond acceptors (Lipinski definition) is 7. The molecule has 1 atom stereocenters. The Hall–Kier alpha value is -4.53. The number of hydrogen-bond donors (Lipinski definition) is 1. The zero-order valence-electron chi connectivity index (χ0n) is 18.0. The van der Waals surface area contributed by atoms with Gasteiger partial charge in [0, 0.05) is 5.56 Å². The zero-order valence-corrected chi connectivity index (χ0v) is 18.0. The van der Waals surface area contributed by atoms with E-state index in [1.807, 2.05) is 19.1 Å². The molecular weight excluding hydrogens is 422 g/mol. The quantitative estimate of drug-likeness (QED) is 0.435.